The number of nitrogens with zero attached hydrogens (tertiary/aromatic N) is 4. The van der Waals surface area contributed by atoms with Gasteiger partial charge in [-0.3, -0.25) is 4.57 Å². The summed E-state index contributed by atoms with van der Waals surface area (Å²) in [6.45, 7) is 11.7. The summed E-state index contributed by atoms with van der Waals surface area (Å²) in [5, 5.41) is 11.1. The second-order valence-corrected chi connectivity index (χ2v) is 16.0. The highest BCUT2D eigenvalue weighted by Crippen LogP contribution is 2.34. The second-order valence-electron chi connectivity index (χ2n) is 10.4. The van der Waals surface area contributed by atoms with Gasteiger partial charge in [0.15, 0.2) is 5.82 Å². The van der Waals surface area contributed by atoms with Crippen molar-refractivity contribution in [2.75, 3.05) is 20.3 Å². The third-order valence-corrected chi connectivity index (χ3v) is 8.01. The number of rotatable bonds is 10. The van der Waals surface area contributed by atoms with Crippen LogP contribution in [0.2, 0.25) is 25.7 Å². The molecular formula is C27H36N4O5Si. The van der Waals surface area contributed by atoms with Crippen LogP contribution in [0.25, 0.3) is 33.6 Å². The zero-order valence-corrected chi connectivity index (χ0v) is 23.7. The molecule has 9 nitrogen and oxygen atoms in total. The Balaban J connectivity index is 1.85. The van der Waals surface area contributed by atoms with Gasteiger partial charge in [-0.15, -0.1) is 0 Å². The molecule has 0 saturated heterocycles. The lowest BCUT2D eigenvalue weighted by molar-refractivity contribution is 0.0526. The average Bonchev–Trinajstić information content (AvgIpc) is 3.37. The predicted molar refractivity (Wildman–Crippen MR) is 147 cm³/mol. The first-order chi connectivity index (χ1) is 17.5. The van der Waals surface area contributed by atoms with Crippen molar-refractivity contribution in [2.24, 2.45) is 7.05 Å². The third kappa shape index (κ3) is 5.56. The molecule has 1 aromatic carbocycles. The number of aryl methyl sites for hydroxylation is 1. The van der Waals surface area contributed by atoms with E-state index < -0.39 is 20.1 Å². The molecule has 0 bridgehead atoms. The molecule has 37 heavy (non-hydrogen) atoms. The maximum atomic E-state index is 12.4. The fourth-order valence-electron chi connectivity index (χ4n) is 4.25. The molecule has 198 valence electrons. The fraction of sp³-hybridized carbons (Fsp3) is 0.444. The van der Waals surface area contributed by atoms with Crippen LogP contribution < -0.4 is 4.74 Å². The van der Waals surface area contributed by atoms with Gasteiger partial charge < -0.3 is 23.9 Å². The minimum absolute atomic E-state index is 0.284. The summed E-state index contributed by atoms with van der Waals surface area (Å²) in [6.07, 6.45) is -0.690. The van der Waals surface area contributed by atoms with Gasteiger partial charge in [-0.1, -0.05) is 19.6 Å². The van der Waals surface area contributed by atoms with Gasteiger partial charge in [0.05, 0.1) is 42.3 Å². The highest BCUT2D eigenvalue weighted by Gasteiger charge is 2.22. The number of carbonyl (C=O) groups is 1. The molecule has 0 fully saturated rings. The molecule has 4 aromatic rings. The van der Waals surface area contributed by atoms with Crippen molar-refractivity contribution >= 4 is 36.1 Å². The summed E-state index contributed by atoms with van der Waals surface area (Å²) < 4.78 is 20.9. The van der Waals surface area contributed by atoms with Crippen molar-refractivity contribution < 1.29 is 24.1 Å². The van der Waals surface area contributed by atoms with E-state index in [1.54, 1.807) is 33.1 Å². The molecule has 0 radical (unpaired) electrons. The number of aromatic nitrogens is 4. The van der Waals surface area contributed by atoms with Crippen LogP contribution in [0.3, 0.4) is 0 Å². The highest BCUT2D eigenvalue weighted by atomic mass is 28.3. The molecule has 0 aliphatic carbocycles. The van der Waals surface area contributed by atoms with Crippen LogP contribution >= 0.6 is 0 Å². The SMILES string of the molecule is CCOC(=O)c1cc(OC)c2c(c1)nc(-c1cc3ccc(C(C)O)nc3n1COCC[Si](C)(C)C)n2C. The molecule has 10 heteroatoms. The number of esters is 1. The molecule has 0 amide bonds. The van der Waals surface area contributed by atoms with E-state index in [1.165, 1.54) is 0 Å². The van der Waals surface area contributed by atoms with Crippen molar-refractivity contribution in [2.45, 2.75) is 52.4 Å². The lowest BCUT2D eigenvalue weighted by atomic mass is 10.2. The van der Waals surface area contributed by atoms with Crippen molar-refractivity contribution in [1.82, 2.24) is 19.1 Å². The van der Waals surface area contributed by atoms with Crippen molar-refractivity contribution in [3.63, 3.8) is 0 Å². The average molecular weight is 525 g/mol. The lowest BCUT2D eigenvalue weighted by Gasteiger charge is -2.17. The van der Waals surface area contributed by atoms with Crippen LogP contribution in [0, 0.1) is 0 Å². The van der Waals surface area contributed by atoms with Gasteiger partial charge in [0, 0.05) is 27.1 Å². The topological polar surface area (TPSA) is 101 Å². The number of pyridine rings is 1. The van der Waals surface area contributed by atoms with E-state index in [-0.39, 0.29) is 6.61 Å². The number of aliphatic hydroxyl groups is 1. The van der Waals surface area contributed by atoms with E-state index in [1.807, 2.05) is 34.4 Å². The minimum atomic E-state index is -1.25. The maximum absolute atomic E-state index is 12.4. The van der Waals surface area contributed by atoms with Gasteiger partial charge in [-0.05, 0) is 50.2 Å². The van der Waals surface area contributed by atoms with Gasteiger partial charge in [0.1, 0.15) is 23.6 Å². The van der Waals surface area contributed by atoms with Crippen molar-refractivity contribution in [3.05, 3.63) is 41.6 Å². The highest BCUT2D eigenvalue weighted by molar-refractivity contribution is 6.76. The predicted octanol–water partition coefficient (Wildman–Crippen LogP) is 5.14. The van der Waals surface area contributed by atoms with Crippen LogP contribution in [-0.4, -0.2) is 58.6 Å². The summed E-state index contributed by atoms with van der Waals surface area (Å²) in [6, 6.07) is 10.3. The number of fused-ring (bicyclic) bond motifs is 2. The van der Waals surface area contributed by atoms with Crippen molar-refractivity contribution in [3.8, 4) is 17.3 Å². The molecule has 0 aliphatic rings. The Morgan fingerprint density at radius 2 is 1.92 bits per heavy atom. The summed E-state index contributed by atoms with van der Waals surface area (Å²) in [5.41, 5.74) is 3.89. The first-order valence-electron chi connectivity index (χ1n) is 12.5. The molecular weight excluding hydrogens is 488 g/mol. The summed E-state index contributed by atoms with van der Waals surface area (Å²) in [5.74, 6) is 0.791. The van der Waals surface area contributed by atoms with Crippen LogP contribution in [0.4, 0.5) is 0 Å². The molecule has 1 unspecified atom stereocenters. The third-order valence-electron chi connectivity index (χ3n) is 6.30. The molecule has 0 aliphatic heterocycles. The number of ether oxygens (including phenoxy) is 3. The molecule has 3 heterocycles. The molecule has 3 aromatic heterocycles. The quantitative estimate of drug-likeness (QED) is 0.174. The van der Waals surface area contributed by atoms with Crippen LogP contribution in [-0.2, 0) is 23.3 Å². The number of carbonyl (C=O) groups excluding carboxylic acids is 1. The number of benzene rings is 1. The standard InChI is InChI=1S/C27H36N4O5Si/c1-8-36-27(33)19-13-21-24(23(15-19)34-4)30(3)26(29-21)22-14-18-9-10-20(17(2)32)28-25(18)31(22)16-35-11-12-37(5,6)7/h9-10,13-15,17,32H,8,11-12,16H2,1-7H3. The monoisotopic (exact) mass is 524 g/mol. The van der Waals surface area contributed by atoms with Gasteiger partial charge in [-0.2, -0.15) is 0 Å². The van der Waals surface area contributed by atoms with Crippen molar-refractivity contribution in [1.29, 1.82) is 0 Å². The zero-order valence-electron chi connectivity index (χ0n) is 22.7. The Morgan fingerprint density at radius 3 is 2.57 bits per heavy atom. The number of imidazole rings is 1. The summed E-state index contributed by atoms with van der Waals surface area (Å²) in [4.78, 5) is 22.1. The van der Waals surface area contributed by atoms with E-state index >= 15 is 0 Å². The molecule has 4 rings (SSSR count). The van der Waals surface area contributed by atoms with E-state index in [0.717, 1.165) is 22.6 Å². The van der Waals surface area contributed by atoms with Crippen LogP contribution in [0.1, 0.15) is 36.0 Å². The Labute approximate surface area is 218 Å². The van der Waals surface area contributed by atoms with Crippen LogP contribution in [0.5, 0.6) is 5.75 Å². The molecule has 0 saturated carbocycles. The smallest absolute Gasteiger partial charge is 0.338 e. The van der Waals surface area contributed by atoms with Gasteiger partial charge in [-0.25, -0.2) is 14.8 Å². The Morgan fingerprint density at radius 1 is 1.16 bits per heavy atom. The number of hydrogen-bond acceptors (Lipinski definition) is 7. The van der Waals surface area contributed by atoms with Gasteiger partial charge in [0.25, 0.3) is 0 Å². The minimum Gasteiger partial charge on any atom is -0.494 e. The van der Waals surface area contributed by atoms with E-state index in [2.05, 4.69) is 19.6 Å². The zero-order chi connectivity index (χ0) is 26.9. The number of hydrogen-bond donors (Lipinski definition) is 1. The summed E-state index contributed by atoms with van der Waals surface area (Å²) >= 11 is 0. The molecule has 0 spiro atoms. The normalized spacial score (nSPS) is 12.9. The Kier molecular flexibility index (Phi) is 7.72. The van der Waals surface area contributed by atoms with E-state index in [4.69, 9.17) is 24.2 Å². The largest absolute Gasteiger partial charge is 0.494 e. The van der Waals surface area contributed by atoms with E-state index in [9.17, 15) is 9.90 Å². The lowest BCUT2D eigenvalue weighted by Crippen LogP contribution is -2.22. The maximum Gasteiger partial charge on any atom is 0.338 e. The first-order valence-corrected chi connectivity index (χ1v) is 16.2. The second kappa shape index (κ2) is 10.6. The first kappa shape index (κ1) is 26.8. The molecule has 1 atom stereocenters. The molecule has 1 N–H and O–H groups in total. The van der Waals surface area contributed by atoms with Gasteiger partial charge in [0.2, 0.25) is 0 Å². The van der Waals surface area contributed by atoms with E-state index in [0.29, 0.717) is 47.3 Å². The Hall–Kier alpha value is -3.21. The fourth-order valence-corrected chi connectivity index (χ4v) is 5.01. The Bertz CT molecular complexity index is 1430. The number of aliphatic hydroxyl groups excluding tert-OH is 1. The summed E-state index contributed by atoms with van der Waals surface area (Å²) in [7, 11) is 2.24. The van der Waals surface area contributed by atoms with Crippen LogP contribution in [0.15, 0.2) is 30.3 Å². The van der Waals surface area contributed by atoms with Gasteiger partial charge >= 0.3 is 5.97 Å². The number of methoxy groups -OCH3 is 1.